The topological polar surface area (TPSA) is 55.7 Å². The molecule has 0 unspecified atom stereocenters. The van der Waals surface area contributed by atoms with E-state index in [0.29, 0.717) is 26.0 Å². The standard InChI is InChI=1S/C15H17NO3/c1-11(17)19-9-8-12-2-4-13(5-3-12)15-7-6-14(18)10-16-15/h2-5H,6-10H2,1H3. The maximum absolute atomic E-state index is 11.1. The van der Waals surface area contributed by atoms with Crippen LogP contribution in [-0.2, 0) is 20.7 Å². The number of hydrogen-bond acceptors (Lipinski definition) is 4. The molecule has 1 heterocycles. The van der Waals surface area contributed by atoms with Gasteiger partial charge < -0.3 is 4.74 Å². The van der Waals surface area contributed by atoms with Gasteiger partial charge in [0.2, 0.25) is 0 Å². The van der Waals surface area contributed by atoms with Crippen molar-refractivity contribution < 1.29 is 14.3 Å². The second-order valence-electron chi connectivity index (χ2n) is 4.59. The third-order valence-corrected chi connectivity index (χ3v) is 3.07. The number of carbonyl (C=O) groups excluding carboxylic acids is 2. The first-order chi connectivity index (χ1) is 9.15. The number of Topliss-reactive ketones (excluding diaryl/α,β-unsaturated/α-hetero) is 1. The van der Waals surface area contributed by atoms with Crippen molar-refractivity contribution in [1.29, 1.82) is 0 Å². The molecule has 0 N–H and O–H groups in total. The van der Waals surface area contributed by atoms with Crippen LogP contribution in [0, 0.1) is 0 Å². The predicted molar refractivity (Wildman–Crippen MR) is 72.4 cm³/mol. The van der Waals surface area contributed by atoms with E-state index in [1.165, 1.54) is 6.92 Å². The minimum Gasteiger partial charge on any atom is -0.466 e. The van der Waals surface area contributed by atoms with Crippen molar-refractivity contribution in [3.05, 3.63) is 35.4 Å². The van der Waals surface area contributed by atoms with Crippen molar-refractivity contribution >= 4 is 17.5 Å². The van der Waals surface area contributed by atoms with Gasteiger partial charge in [-0.3, -0.25) is 14.6 Å². The van der Waals surface area contributed by atoms with E-state index in [1.54, 1.807) is 0 Å². The Hall–Kier alpha value is -1.97. The normalized spacial score (nSPS) is 15.0. The van der Waals surface area contributed by atoms with Crippen molar-refractivity contribution in [3.8, 4) is 0 Å². The Bertz CT molecular complexity index is 503. The van der Waals surface area contributed by atoms with Crippen molar-refractivity contribution in [2.24, 2.45) is 4.99 Å². The van der Waals surface area contributed by atoms with Crippen LogP contribution in [0.5, 0.6) is 0 Å². The van der Waals surface area contributed by atoms with Gasteiger partial charge in [-0.2, -0.15) is 0 Å². The second-order valence-corrected chi connectivity index (χ2v) is 4.59. The van der Waals surface area contributed by atoms with Gasteiger partial charge in [0.15, 0.2) is 5.78 Å². The summed E-state index contributed by atoms with van der Waals surface area (Å²) in [7, 11) is 0. The molecule has 1 aliphatic rings. The van der Waals surface area contributed by atoms with E-state index in [0.717, 1.165) is 23.3 Å². The summed E-state index contributed by atoms with van der Waals surface area (Å²) < 4.78 is 4.90. The van der Waals surface area contributed by atoms with E-state index in [2.05, 4.69) is 4.99 Å². The van der Waals surface area contributed by atoms with Crippen LogP contribution >= 0.6 is 0 Å². The van der Waals surface area contributed by atoms with Gasteiger partial charge in [-0.15, -0.1) is 0 Å². The van der Waals surface area contributed by atoms with Gasteiger partial charge in [-0.05, 0) is 17.5 Å². The molecule has 4 nitrogen and oxygen atoms in total. The summed E-state index contributed by atoms with van der Waals surface area (Å²) in [5.74, 6) is -0.0420. The lowest BCUT2D eigenvalue weighted by molar-refractivity contribution is -0.140. The van der Waals surface area contributed by atoms with E-state index >= 15 is 0 Å². The van der Waals surface area contributed by atoms with Crippen LogP contribution in [0.4, 0.5) is 0 Å². The molecule has 0 aliphatic carbocycles. The van der Waals surface area contributed by atoms with Crippen LogP contribution in [0.15, 0.2) is 29.3 Å². The largest absolute Gasteiger partial charge is 0.466 e. The summed E-state index contributed by atoms with van der Waals surface area (Å²) in [4.78, 5) is 26.1. The SMILES string of the molecule is CC(=O)OCCc1ccc(C2=NCC(=O)CC2)cc1. The smallest absolute Gasteiger partial charge is 0.302 e. The van der Waals surface area contributed by atoms with E-state index in [9.17, 15) is 9.59 Å². The van der Waals surface area contributed by atoms with Crippen LogP contribution < -0.4 is 0 Å². The number of ether oxygens (including phenoxy) is 1. The molecule has 2 rings (SSSR count). The van der Waals surface area contributed by atoms with Crippen LogP contribution in [0.1, 0.15) is 30.9 Å². The third kappa shape index (κ3) is 4.02. The first kappa shape index (κ1) is 13.5. The summed E-state index contributed by atoms with van der Waals surface area (Å²) in [6, 6.07) is 8.05. The van der Waals surface area contributed by atoms with Crippen LogP contribution in [0.25, 0.3) is 0 Å². The number of nitrogens with zero attached hydrogens (tertiary/aromatic N) is 1. The zero-order valence-corrected chi connectivity index (χ0v) is 11.0. The van der Waals surface area contributed by atoms with Crippen LogP contribution in [0.2, 0.25) is 0 Å². The minimum absolute atomic E-state index is 0.210. The fourth-order valence-corrected chi connectivity index (χ4v) is 2.01. The number of benzene rings is 1. The molecule has 0 radical (unpaired) electrons. The average molecular weight is 259 g/mol. The molecular weight excluding hydrogens is 242 g/mol. The molecule has 0 atom stereocenters. The molecule has 19 heavy (non-hydrogen) atoms. The van der Waals surface area contributed by atoms with Crippen molar-refractivity contribution in [2.75, 3.05) is 13.2 Å². The van der Waals surface area contributed by atoms with Crippen LogP contribution in [0.3, 0.4) is 0 Å². The first-order valence-corrected chi connectivity index (χ1v) is 6.43. The lowest BCUT2D eigenvalue weighted by atomic mass is 10.00. The predicted octanol–water partition coefficient (Wildman–Crippen LogP) is 1.94. The summed E-state index contributed by atoms with van der Waals surface area (Å²) in [5, 5.41) is 0. The Kier molecular flexibility index (Phi) is 4.44. The summed E-state index contributed by atoms with van der Waals surface area (Å²) in [6.45, 7) is 2.12. The Morgan fingerprint density at radius 3 is 2.58 bits per heavy atom. The number of rotatable bonds is 4. The summed E-state index contributed by atoms with van der Waals surface area (Å²) in [5.41, 5.74) is 3.20. The highest BCUT2D eigenvalue weighted by atomic mass is 16.5. The lowest BCUT2D eigenvalue weighted by Crippen LogP contribution is -2.15. The molecule has 1 aliphatic heterocycles. The van der Waals surface area contributed by atoms with Crippen LogP contribution in [-0.4, -0.2) is 30.6 Å². The highest BCUT2D eigenvalue weighted by Gasteiger charge is 2.12. The molecule has 0 saturated carbocycles. The maximum Gasteiger partial charge on any atom is 0.302 e. The zero-order valence-electron chi connectivity index (χ0n) is 11.0. The zero-order chi connectivity index (χ0) is 13.7. The van der Waals surface area contributed by atoms with E-state index < -0.39 is 0 Å². The molecule has 0 aromatic heterocycles. The summed E-state index contributed by atoms with van der Waals surface area (Å²) >= 11 is 0. The molecule has 0 amide bonds. The van der Waals surface area contributed by atoms with Gasteiger partial charge in [0.25, 0.3) is 0 Å². The maximum atomic E-state index is 11.1. The van der Waals surface area contributed by atoms with Crippen molar-refractivity contribution in [2.45, 2.75) is 26.2 Å². The molecule has 100 valence electrons. The number of aliphatic imine (C=N–C) groups is 1. The molecule has 0 saturated heterocycles. The number of esters is 1. The molecule has 0 fully saturated rings. The highest BCUT2D eigenvalue weighted by molar-refractivity contribution is 6.05. The molecule has 1 aromatic rings. The van der Waals surface area contributed by atoms with Gasteiger partial charge in [-0.1, -0.05) is 24.3 Å². The minimum atomic E-state index is -0.252. The number of carbonyl (C=O) groups is 2. The monoisotopic (exact) mass is 259 g/mol. The first-order valence-electron chi connectivity index (χ1n) is 6.43. The van der Waals surface area contributed by atoms with E-state index in [4.69, 9.17) is 4.74 Å². The van der Waals surface area contributed by atoms with Gasteiger partial charge in [-0.25, -0.2) is 0 Å². The Labute approximate surface area is 112 Å². The molecule has 0 bridgehead atoms. The molecule has 1 aromatic carbocycles. The van der Waals surface area contributed by atoms with E-state index in [-0.39, 0.29) is 11.8 Å². The fourth-order valence-electron chi connectivity index (χ4n) is 2.01. The second kappa shape index (κ2) is 6.27. The number of hydrogen-bond donors (Lipinski definition) is 0. The molecule has 0 spiro atoms. The van der Waals surface area contributed by atoms with E-state index in [1.807, 2.05) is 24.3 Å². The number of ketones is 1. The Morgan fingerprint density at radius 1 is 1.26 bits per heavy atom. The molecule has 4 heteroatoms. The van der Waals surface area contributed by atoms with Gasteiger partial charge in [0, 0.05) is 25.5 Å². The van der Waals surface area contributed by atoms with Gasteiger partial charge >= 0.3 is 5.97 Å². The lowest BCUT2D eigenvalue weighted by Gasteiger charge is -2.11. The van der Waals surface area contributed by atoms with Crippen molar-refractivity contribution in [1.82, 2.24) is 0 Å². The summed E-state index contributed by atoms with van der Waals surface area (Å²) in [6.07, 6.45) is 2.03. The third-order valence-electron chi connectivity index (χ3n) is 3.07. The Morgan fingerprint density at radius 2 is 2.00 bits per heavy atom. The Balaban J connectivity index is 1.94. The fraction of sp³-hybridized carbons (Fsp3) is 0.400. The average Bonchev–Trinajstić information content (AvgIpc) is 2.40. The molecular formula is C15H17NO3. The van der Waals surface area contributed by atoms with Crippen molar-refractivity contribution in [3.63, 3.8) is 0 Å². The highest BCUT2D eigenvalue weighted by Crippen LogP contribution is 2.13. The quantitative estimate of drug-likeness (QED) is 0.776. The van der Waals surface area contributed by atoms with Gasteiger partial charge in [0.1, 0.15) is 0 Å². The van der Waals surface area contributed by atoms with Gasteiger partial charge in [0.05, 0.1) is 13.2 Å².